The predicted molar refractivity (Wildman–Crippen MR) is 132 cm³/mol. The third-order valence-corrected chi connectivity index (χ3v) is 5.20. The Kier molecular flexibility index (Phi) is 11.0. The number of guanidine groups is 1. The molecular formula is C22H35IN6O. The minimum absolute atomic E-state index is 0. The monoisotopic (exact) mass is 526 g/mol. The van der Waals surface area contributed by atoms with E-state index < -0.39 is 0 Å². The summed E-state index contributed by atoms with van der Waals surface area (Å²) in [7, 11) is 0. The molecule has 0 aliphatic heterocycles. The molecule has 7 nitrogen and oxygen atoms in total. The summed E-state index contributed by atoms with van der Waals surface area (Å²) in [5.41, 5.74) is 1.17. The van der Waals surface area contributed by atoms with Gasteiger partial charge >= 0.3 is 0 Å². The Hall–Kier alpha value is -1.84. The topological polar surface area (TPSA) is 76.4 Å². The van der Waals surface area contributed by atoms with E-state index in [1.165, 1.54) is 37.7 Å². The Labute approximate surface area is 197 Å². The van der Waals surface area contributed by atoms with Crippen LogP contribution in [-0.2, 0) is 19.5 Å². The third-order valence-electron chi connectivity index (χ3n) is 5.20. The van der Waals surface area contributed by atoms with E-state index in [4.69, 9.17) is 9.73 Å². The van der Waals surface area contributed by atoms with Gasteiger partial charge in [-0.3, -0.25) is 0 Å². The van der Waals surface area contributed by atoms with E-state index in [1.807, 2.05) is 0 Å². The first-order valence-corrected chi connectivity index (χ1v) is 10.9. The molecule has 1 aliphatic carbocycles. The van der Waals surface area contributed by atoms with Crippen LogP contribution in [0, 0.1) is 0 Å². The molecule has 1 aromatic heterocycles. The third kappa shape index (κ3) is 7.77. The minimum Gasteiger partial charge on any atom is -0.490 e. The van der Waals surface area contributed by atoms with Crippen molar-refractivity contribution in [3.8, 4) is 5.75 Å². The largest absolute Gasteiger partial charge is 0.490 e. The summed E-state index contributed by atoms with van der Waals surface area (Å²) in [5.74, 6) is 2.79. The van der Waals surface area contributed by atoms with Gasteiger partial charge in [0.15, 0.2) is 5.96 Å². The number of rotatable bonds is 9. The fraction of sp³-hybridized carbons (Fsp3) is 0.591. The van der Waals surface area contributed by atoms with Crippen LogP contribution in [-0.4, -0.2) is 39.9 Å². The molecule has 2 N–H and O–H groups in total. The van der Waals surface area contributed by atoms with E-state index in [0.29, 0.717) is 12.6 Å². The van der Waals surface area contributed by atoms with E-state index in [1.54, 1.807) is 6.33 Å². The molecule has 1 heterocycles. The molecule has 0 amide bonds. The van der Waals surface area contributed by atoms with Crippen molar-refractivity contribution in [1.82, 2.24) is 25.4 Å². The maximum Gasteiger partial charge on any atom is 0.191 e. The van der Waals surface area contributed by atoms with Crippen LogP contribution < -0.4 is 15.4 Å². The van der Waals surface area contributed by atoms with Crippen molar-refractivity contribution < 1.29 is 4.74 Å². The summed E-state index contributed by atoms with van der Waals surface area (Å²) >= 11 is 0. The van der Waals surface area contributed by atoms with Gasteiger partial charge in [-0.25, -0.2) is 4.99 Å². The zero-order valence-corrected chi connectivity index (χ0v) is 20.5. The van der Waals surface area contributed by atoms with Gasteiger partial charge < -0.3 is 19.9 Å². The quantitative estimate of drug-likeness (QED) is 0.294. The fourth-order valence-corrected chi connectivity index (χ4v) is 3.60. The number of aromatic nitrogens is 3. The number of benzene rings is 1. The van der Waals surface area contributed by atoms with Crippen molar-refractivity contribution in [3.05, 3.63) is 42.0 Å². The Morgan fingerprint density at radius 2 is 1.90 bits per heavy atom. The average Bonchev–Trinajstić information content (AvgIpc) is 3.21. The molecule has 0 saturated heterocycles. The smallest absolute Gasteiger partial charge is 0.191 e. The second-order valence-corrected chi connectivity index (χ2v) is 7.44. The maximum atomic E-state index is 6.11. The molecule has 30 heavy (non-hydrogen) atoms. The van der Waals surface area contributed by atoms with Gasteiger partial charge in [0.05, 0.1) is 12.6 Å². The van der Waals surface area contributed by atoms with Gasteiger partial charge in [-0.05, 0) is 50.3 Å². The van der Waals surface area contributed by atoms with Gasteiger partial charge in [-0.1, -0.05) is 25.5 Å². The number of hydrogen-bond acceptors (Lipinski definition) is 4. The lowest BCUT2D eigenvalue weighted by molar-refractivity contribution is 0.155. The highest BCUT2D eigenvalue weighted by molar-refractivity contribution is 14.0. The summed E-state index contributed by atoms with van der Waals surface area (Å²) < 4.78 is 8.18. The van der Waals surface area contributed by atoms with Gasteiger partial charge in [0.25, 0.3) is 0 Å². The first-order chi connectivity index (χ1) is 14.3. The SMILES string of the molecule is CCNC(=NCc1ccc(OC2CCCCC2)cc1)NCCn1cnnc1CC.I. The van der Waals surface area contributed by atoms with Crippen molar-refractivity contribution >= 4 is 29.9 Å². The fourth-order valence-electron chi connectivity index (χ4n) is 3.60. The number of nitrogens with one attached hydrogen (secondary N) is 2. The molecular weight excluding hydrogens is 491 g/mol. The number of ether oxygens (including phenoxy) is 1. The molecule has 0 radical (unpaired) electrons. The van der Waals surface area contributed by atoms with E-state index in [2.05, 4.69) is 63.5 Å². The summed E-state index contributed by atoms with van der Waals surface area (Å²) in [4.78, 5) is 4.70. The van der Waals surface area contributed by atoms with Crippen molar-refractivity contribution in [2.75, 3.05) is 13.1 Å². The van der Waals surface area contributed by atoms with Gasteiger partial charge in [0.1, 0.15) is 17.9 Å². The second kappa shape index (κ2) is 13.5. The summed E-state index contributed by atoms with van der Waals surface area (Å²) in [6.45, 7) is 7.20. The molecule has 8 heteroatoms. The molecule has 1 saturated carbocycles. The zero-order valence-electron chi connectivity index (χ0n) is 18.1. The van der Waals surface area contributed by atoms with Crippen LogP contribution in [0.25, 0.3) is 0 Å². The predicted octanol–water partition coefficient (Wildman–Crippen LogP) is 3.93. The highest BCUT2D eigenvalue weighted by Gasteiger charge is 2.14. The molecule has 1 fully saturated rings. The van der Waals surface area contributed by atoms with Crippen LogP contribution in [0.2, 0.25) is 0 Å². The van der Waals surface area contributed by atoms with Crippen molar-refractivity contribution in [3.63, 3.8) is 0 Å². The number of hydrogen-bond donors (Lipinski definition) is 2. The molecule has 166 valence electrons. The van der Waals surface area contributed by atoms with Gasteiger partial charge in [0.2, 0.25) is 0 Å². The molecule has 0 unspecified atom stereocenters. The van der Waals surface area contributed by atoms with Crippen LogP contribution in [0.4, 0.5) is 0 Å². The standard InChI is InChI=1S/C22H34N6O.HI/c1-3-21-27-26-17-28(21)15-14-24-22(23-4-2)25-16-18-10-12-20(13-11-18)29-19-8-6-5-7-9-19;/h10-13,17,19H,3-9,14-16H2,1-2H3,(H2,23,24,25);1H. The first kappa shape index (κ1) is 24.4. The second-order valence-electron chi connectivity index (χ2n) is 7.44. The Balaban J connectivity index is 0.00000320. The normalized spacial score (nSPS) is 14.8. The molecule has 2 aromatic rings. The Morgan fingerprint density at radius 1 is 1.13 bits per heavy atom. The van der Waals surface area contributed by atoms with E-state index >= 15 is 0 Å². The van der Waals surface area contributed by atoms with E-state index in [-0.39, 0.29) is 24.0 Å². The molecule has 0 atom stereocenters. The lowest BCUT2D eigenvalue weighted by Crippen LogP contribution is -2.38. The lowest BCUT2D eigenvalue weighted by Gasteiger charge is -2.23. The van der Waals surface area contributed by atoms with Crippen LogP contribution in [0.1, 0.15) is 57.3 Å². The first-order valence-electron chi connectivity index (χ1n) is 10.9. The van der Waals surface area contributed by atoms with Gasteiger partial charge in [0, 0.05) is 26.1 Å². The number of aliphatic imine (C=N–C) groups is 1. The van der Waals surface area contributed by atoms with Crippen LogP contribution in [0.5, 0.6) is 5.75 Å². The maximum absolute atomic E-state index is 6.11. The average molecular weight is 526 g/mol. The highest BCUT2D eigenvalue weighted by Crippen LogP contribution is 2.23. The van der Waals surface area contributed by atoms with Crippen molar-refractivity contribution in [1.29, 1.82) is 0 Å². The van der Waals surface area contributed by atoms with Crippen LogP contribution >= 0.6 is 24.0 Å². The summed E-state index contributed by atoms with van der Waals surface area (Å²) in [5, 5.41) is 14.8. The zero-order chi connectivity index (χ0) is 20.3. The van der Waals surface area contributed by atoms with E-state index in [9.17, 15) is 0 Å². The molecule has 1 aromatic carbocycles. The van der Waals surface area contributed by atoms with Crippen molar-refractivity contribution in [2.24, 2.45) is 4.99 Å². The van der Waals surface area contributed by atoms with Crippen LogP contribution in [0.3, 0.4) is 0 Å². The van der Waals surface area contributed by atoms with E-state index in [0.717, 1.165) is 43.6 Å². The summed E-state index contributed by atoms with van der Waals surface area (Å²) in [6.07, 6.45) is 9.32. The molecule has 0 spiro atoms. The van der Waals surface area contributed by atoms with Gasteiger partial charge in [-0.2, -0.15) is 0 Å². The molecule has 1 aliphatic rings. The molecule has 3 rings (SSSR count). The highest BCUT2D eigenvalue weighted by atomic mass is 127. The van der Waals surface area contributed by atoms with Crippen molar-refractivity contribution in [2.45, 2.75) is 71.6 Å². The van der Waals surface area contributed by atoms with Gasteiger partial charge in [-0.15, -0.1) is 34.2 Å². The number of nitrogens with zero attached hydrogens (tertiary/aromatic N) is 4. The lowest BCUT2D eigenvalue weighted by atomic mass is 9.98. The number of halogens is 1. The summed E-state index contributed by atoms with van der Waals surface area (Å²) in [6, 6.07) is 8.35. The minimum atomic E-state index is 0. The Bertz CT molecular complexity index is 755. The number of aryl methyl sites for hydroxylation is 1. The Morgan fingerprint density at radius 3 is 2.60 bits per heavy atom. The van der Waals surface area contributed by atoms with Crippen LogP contribution in [0.15, 0.2) is 35.6 Å². The molecule has 0 bridgehead atoms.